The first-order chi connectivity index (χ1) is 10.1. The number of amides is 1. The summed E-state index contributed by atoms with van der Waals surface area (Å²) in [6.45, 7) is 4.10. The van der Waals surface area contributed by atoms with E-state index in [2.05, 4.69) is 27.6 Å². The zero-order chi connectivity index (χ0) is 14.8. The fourth-order valence-corrected chi connectivity index (χ4v) is 2.94. The van der Waals surface area contributed by atoms with Crippen LogP contribution in [0.2, 0.25) is 0 Å². The lowest BCUT2D eigenvalue weighted by atomic mass is 10.0. The summed E-state index contributed by atoms with van der Waals surface area (Å²) in [5.74, 6) is 2.29. The Bertz CT molecular complexity index is 631. The summed E-state index contributed by atoms with van der Waals surface area (Å²) in [6.07, 6.45) is 3.81. The van der Waals surface area contributed by atoms with Crippen molar-refractivity contribution in [1.82, 2.24) is 15.4 Å². The summed E-state index contributed by atoms with van der Waals surface area (Å²) >= 11 is 0. The Labute approximate surface area is 123 Å². The molecule has 6 nitrogen and oxygen atoms in total. The summed E-state index contributed by atoms with van der Waals surface area (Å²) in [5, 5.41) is 13.8. The first-order valence-corrected chi connectivity index (χ1v) is 7.37. The third-order valence-corrected chi connectivity index (χ3v) is 4.01. The molecule has 0 aliphatic heterocycles. The summed E-state index contributed by atoms with van der Waals surface area (Å²) in [6, 6.07) is 3.70. The van der Waals surface area contributed by atoms with Crippen LogP contribution in [0.5, 0.6) is 0 Å². The number of H-pyrrole nitrogens is 1. The van der Waals surface area contributed by atoms with Crippen molar-refractivity contribution in [2.75, 3.05) is 5.32 Å². The Morgan fingerprint density at radius 1 is 1.48 bits per heavy atom. The fourth-order valence-electron chi connectivity index (χ4n) is 2.94. The highest BCUT2D eigenvalue weighted by Crippen LogP contribution is 2.37. The Kier molecular flexibility index (Phi) is 3.77. The maximum atomic E-state index is 11.9. The average Bonchev–Trinajstić information content (AvgIpc) is 3.12. The van der Waals surface area contributed by atoms with Crippen LogP contribution >= 0.6 is 0 Å². The molecule has 1 aliphatic carbocycles. The molecular weight excluding hydrogens is 268 g/mol. The third-order valence-electron chi connectivity index (χ3n) is 4.01. The lowest BCUT2D eigenvalue weighted by Crippen LogP contribution is -2.14. The Morgan fingerprint density at radius 2 is 2.33 bits per heavy atom. The summed E-state index contributed by atoms with van der Waals surface area (Å²) in [5.41, 5.74) is 1.89. The van der Waals surface area contributed by atoms with Crippen LogP contribution in [-0.4, -0.2) is 21.3 Å². The molecule has 3 rings (SSSR count). The standard InChI is InChI=1S/C15H20N4O2/c1-9-3-4-11(5-9)13-8-14(18-17-13)16-15(20)7-12-6-10(2)19-21-12/h6,8-9,11H,3-5,7H2,1-2H3,(H2,16,17,18,20). The lowest BCUT2D eigenvalue weighted by Gasteiger charge is -2.04. The quantitative estimate of drug-likeness (QED) is 0.906. The molecule has 2 atom stereocenters. The van der Waals surface area contributed by atoms with Gasteiger partial charge >= 0.3 is 0 Å². The predicted octanol–water partition coefficient (Wildman–Crippen LogP) is 2.79. The highest BCUT2D eigenvalue weighted by molar-refractivity contribution is 5.91. The molecule has 0 bridgehead atoms. The number of nitrogens with zero attached hydrogens (tertiary/aromatic N) is 2. The van der Waals surface area contributed by atoms with Crippen molar-refractivity contribution < 1.29 is 9.32 Å². The van der Waals surface area contributed by atoms with Gasteiger partial charge in [0.2, 0.25) is 5.91 Å². The van der Waals surface area contributed by atoms with Gasteiger partial charge in [0.05, 0.1) is 12.1 Å². The topological polar surface area (TPSA) is 83.8 Å². The van der Waals surface area contributed by atoms with E-state index in [1.807, 2.05) is 13.0 Å². The van der Waals surface area contributed by atoms with Gasteiger partial charge in [-0.3, -0.25) is 9.89 Å². The van der Waals surface area contributed by atoms with Crippen LogP contribution in [0, 0.1) is 12.8 Å². The minimum atomic E-state index is -0.149. The number of hydrogen-bond acceptors (Lipinski definition) is 4. The van der Waals surface area contributed by atoms with Crippen LogP contribution in [-0.2, 0) is 11.2 Å². The minimum Gasteiger partial charge on any atom is -0.361 e. The molecule has 0 aromatic carbocycles. The van der Waals surface area contributed by atoms with Gasteiger partial charge in [-0.2, -0.15) is 5.10 Å². The summed E-state index contributed by atoms with van der Waals surface area (Å²) in [4.78, 5) is 11.9. The smallest absolute Gasteiger partial charge is 0.233 e. The van der Waals surface area contributed by atoms with Crippen LogP contribution in [0.15, 0.2) is 16.7 Å². The van der Waals surface area contributed by atoms with E-state index in [9.17, 15) is 4.79 Å². The number of nitrogens with one attached hydrogen (secondary N) is 2. The number of hydrogen-bond donors (Lipinski definition) is 2. The van der Waals surface area contributed by atoms with Crippen molar-refractivity contribution in [2.45, 2.75) is 45.4 Å². The van der Waals surface area contributed by atoms with Crippen LogP contribution in [0.3, 0.4) is 0 Å². The van der Waals surface area contributed by atoms with Gasteiger partial charge in [0.1, 0.15) is 5.76 Å². The van der Waals surface area contributed by atoms with Crippen LogP contribution < -0.4 is 5.32 Å². The first-order valence-electron chi connectivity index (χ1n) is 7.37. The molecule has 21 heavy (non-hydrogen) atoms. The van der Waals surface area contributed by atoms with Gasteiger partial charge in [0.15, 0.2) is 5.82 Å². The monoisotopic (exact) mass is 288 g/mol. The van der Waals surface area contributed by atoms with E-state index >= 15 is 0 Å². The molecular formula is C15H20N4O2. The van der Waals surface area contributed by atoms with Crippen LogP contribution in [0.4, 0.5) is 5.82 Å². The van der Waals surface area contributed by atoms with Gasteiger partial charge < -0.3 is 9.84 Å². The third kappa shape index (κ3) is 3.32. The Balaban J connectivity index is 1.58. The molecule has 2 unspecified atom stereocenters. The molecule has 1 amide bonds. The van der Waals surface area contributed by atoms with Gasteiger partial charge in [0, 0.05) is 23.7 Å². The van der Waals surface area contributed by atoms with Crippen molar-refractivity contribution in [3.05, 3.63) is 29.3 Å². The SMILES string of the molecule is Cc1cc(CC(=O)Nc2cc(C3CCC(C)C3)[nH]n2)on1. The highest BCUT2D eigenvalue weighted by atomic mass is 16.5. The van der Waals surface area contributed by atoms with E-state index in [1.54, 1.807) is 6.07 Å². The molecule has 1 fully saturated rings. The van der Waals surface area contributed by atoms with Crippen LogP contribution in [0.1, 0.15) is 49.3 Å². The van der Waals surface area contributed by atoms with Crippen LogP contribution in [0.25, 0.3) is 0 Å². The molecule has 2 aromatic heterocycles. The van der Waals surface area contributed by atoms with Crippen molar-refractivity contribution in [3.63, 3.8) is 0 Å². The second kappa shape index (κ2) is 5.71. The van der Waals surface area contributed by atoms with Crippen molar-refractivity contribution >= 4 is 11.7 Å². The molecule has 6 heteroatoms. The van der Waals surface area contributed by atoms with Gasteiger partial charge in [-0.1, -0.05) is 18.5 Å². The van der Waals surface area contributed by atoms with E-state index in [-0.39, 0.29) is 12.3 Å². The van der Waals surface area contributed by atoms with Gasteiger partial charge in [0.25, 0.3) is 0 Å². The normalized spacial score (nSPS) is 21.6. The fraction of sp³-hybridized carbons (Fsp3) is 0.533. The molecule has 2 N–H and O–H groups in total. The maximum Gasteiger partial charge on any atom is 0.233 e. The molecule has 1 aliphatic rings. The van der Waals surface area contributed by atoms with E-state index in [0.717, 1.165) is 17.3 Å². The highest BCUT2D eigenvalue weighted by Gasteiger charge is 2.24. The summed E-state index contributed by atoms with van der Waals surface area (Å²) < 4.78 is 5.03. The van der Waals surface area contributed by atoms with Crippen molar-refractivity contribution in [1.29, 1.82) is 0 Å². The predicted molar refractivity (Wildman–Crippen MR) is 77.9 cm³/mol. The molecule has 0 spiro atoms. The molecule has 0 radical (unpaired) electrons. The number of aromatic nitrogens is 3. The summed E-state index contributed by atoms with van der Waals surface area (Å²) in [7, 11) is 0. The Morgan fingerprint density at radius 3 is 3.00 bits per heavy atom. The Hall–Kier alpha value is -2.11. The molecule has 2 aromatic rings. The number of rotatable bonds is 4. The van der Waals surface area contributed by atoms with Gasteiger partial charge in [-0.25, -0.2) is 0 Å². The second-order valence-corrected chi connectivity index (χ2v) is 5.98. The molecule has 112 valence electrons. The number of aromatic amines is 1. The zero-order valence-corrected chi connectivity index (χ0v) is 12.3. The van der Waals surface area contributed by atoms with E-state index < -0.39 is 0 Å². The molecule has 2 heterocycles. The minimum absolute atomic E-state index is 0.149. The first kappa shape index (κ1) is 13.9. The van der Waals surface area contributed by atoms with Crippen molar-refractivity contribution in [3.8, 4) is 0 Å². The van der Waals surface area contributed by atoms with Gasteiger partial charge in [-0.15, -0.1) is 0 Å². The van der Waals surface area contributed by atoms with E-state index in [1.165, 1.54) is 19.3 Å². The van der Waals surface area contributed by atoms with Gasteiger partial charge in [-0.05, 0) is 25.7 Å². The zero-order valence-electron chi connectivity index (χ0n) is 12.3. The largest absolute Gasteiger partial charge is 0.361 e. The van der Waals surface area contributed by atoms with E-state index in [0.29, 0.717) is 17.5 Å². The number of aryl methyl sites for hydroxylation is 1. The average molecular weight is 288 g/mol. The molecule has 0 saturated heterocycles. The molecule has 1 saturated carbocycles. The van der Waals surface area contributed by atoms with Crippen molar-refractivity contribution in [2.24, 2.45) is 5.92 Å². The number of carbonyl (C=O) groups excluding carboxylic acids is 1. The number of carbonyl (C=O) groups is 1. The second-order valence-electron chi connectivity index (χ2n) is 5.98. The van der Waals surface area contributed by atoms with E-state index in [4.69, 9.17) is 4.52 Å². The maximum absolute atomic E-state index is 11.9. The lowest BCUT2D eigenvalue weighted by molar-refractivity contribution is -0.115. The number of anilines is 1.